The largest absolute Gasteiger partial charge is 0.384 e. The number of halogens is 1. The Morgan fingerprint density at radius 3 is 1.90 bits per heavy atom. The maximum absolute atomic E-state index is 14.3. The second-order valence-electron chi connectivity index (χ2n) is 9.91. The molecule has 0 heterocycles. The van der Waals surface area contributed by atoms with Crippen molar-refractivity contribution in [1.82, 2.24) is 0 Å². The summed E-state index contributed by atoms with van der Waals surface area (Å²) in [4.78, 5) is 0. The van der Waals surface area contributed by atoms with Crippen molar-refractivity contribution in [2.24, 2.45) is 0 Å². The number of nitrogens with one attached hydrogen (secondary N) is 1. The van der Waals surface area contributed by atoms with Gasteiger partial charge >= 0.3 is 0 Å². The summed E-state index contributed by atoms with van der Waals surface area (Å²) in [6.07, 6.45) is 0. The van der Waals surface area contributed by atoms with Crippen LogP contribution in [0.4, 0.5) is 10.1 Å². The van der Waals surface area contributed by atoms with E-state index in [1.54, 1.807) is 12.1 Å². The van der Waals surface area contributed by atoms with Crippen molar-refractivity contribution in [3.05, 3.63) is 89.7 Å². The molecule has 30 heavy (non-hydrogen) atoms. The molecule has 0 spiro atoms. The first-order chi connectivity index (χ1) is 14.1. The average Bonchev–Trinajstić information content (AvgIpc) is 2.70. The highest BCUT2D eigenvalue weighted by Gasteiger charge is 2.24. The van der Waals surface area contributed by atoms with Gasteiger partial charge in [0.15, 0.2) is 0 Å². The quantitative estimate of drug-likeness (QED) is 0.369. The molecule has 0 atom stereocenters. The Balaban J connectivity index is 1.70. The monoisotopic (exact) mass is 399 g/mol. The molecular weight excluding hydrogens is 369 g/mol. The molecule has 0 fully saturated rings. The molecule has 154 valence electrons. The summed E-state index contributed by atoms with van der Waals surface area (Å²) in [5.74, 6) is -0.183. The van der Waals surface area contributed by atoms with E-state index >= 15 is 0 Å². The van der Waals surface area contributed by atoms with E-state index < -0.39 is 0 Å². The minimum Gasteiger partial charge on any atom is -0.384 e. The fourth-order valence-electron chi connectivity index (χ4n) is 4.29. The van der Waals surface area contributed by atoms with Gasteiger partial charge in [-0.1, -0.05) is 83.1 Å². The summed E-state index contributed by atoms with van der Waals surface area (Å²) in [6, 6.07) is 24.4. The van der Waals surface area contributed by atoms with Crippen molar-refractivity contribution < 1.29 is 4.39 Å². The molecule has 1 nitrogen and oxygen atoms in total. The van der Waals surface area contributed by atoms with Gasteiger partial charge in [-0.25, -0.2) is 4.39 Å². The molecule has 2 heteroatoms. The van der Waals surface area contributed by atoms with Gasteiger partial charge in [-0.3, -0.25) is 0 Å². The van der Waals surface area contributed by atoms with Gasteiger partial charge in [-0.15, -0.1) is 0 Å². The Kier molecular flexibility index (Phi) is 5.05. The predicted octanol–water partition coefficient (Wildman–Crippen LogP) is 7.82. The highest BCUT2D eigenvalue weighted by atomic mass is 19.1. The molecule has 0 radical (unpaired) electrons. The third-order valence-corrected chi connectivity index (χ3v) is 5.96. The number of hydrogen-bond acceptors (Lipinski definition) is 1. The first-order valence-corrected chi connectivity index (χ1v) is 10.6. The average molecular weight is 400 g/mol. The van der Waals surface area contributed by atoms with Gasteiger partial charge in [-0.2, -0.15) is 0 Å². The molecule has 4 rings (SSSR count). The molecule has 0 amide bonds. The van der Waals surface area contributed by atoms with Crippen LogP contribution < -0.4 is 5.32 Å². The van der Waals surface area contributed by atoms with Crippen LogP contribution in [0.5, 0.6) is 0 Å². The number of fused-ring (bicyclic) bond motifs is 2. The van der Waals surface area contributed by atoms with E-state index in [1.807, 2.05) is 18.2 Å². The molecule has 0 aliphatic carbocycles. The van der Waals surface area contributed by atoms with E-state index in [9.17, 15) is 4.39 Å². The van der Waals surface area contributed by atoms with Crippen LogP contribution in [-0.2, 0) is 10.8 Å². The summed E-state index contributed by atoms with van der Waals surface area (Å²) >= 11 is 0. The molecular formula is C28H30FN. The maximum Gasteiger partial charge on any atom is 0.124 e. The second kappa shape index (κ2) is 7.43. The van der Waals surface area contributed by atoms with Gasteiger partial charge in [0.1, 0.15) is 5.82 Å². The van der Waals surface area contributed by atoms with Gasteiger partial charge in [0.05, 0.1) is 0 Å². The lowest BCUT2D eigenvalue weighted by molar-refractivity contribution is 0.551. The molecule has 0 unspecified atom stereocenters. The number of hydrogen-bond donors (Lipinski definition) is 1. The van der Waals surface area contributed by atoms with Crippen LogP contribution in [0, 0.1) is 5.82 Å². The predicted molar refractivity (Wildman–Crippen MR) is 128 cm³/mol. The number of rotatable bonds is 4. The summed E-state index contributed by atoms with van der Waals surface area (Å²) in [6.45, 7) is 11.8. The Bertz CT molecular complexity index is 1210. The molecule has 0 aromatic heterocycles. The van der Waals surface area contributed by atoms with Gasteiger partial charge in [0.25, 0.3) is 0 Å². The SMILES string of the molecule is CC(C)(C)c1cc(NCC(C)(C)c2cc(F)cc3ccccc23)cc2ccccc12. The lowest BCUT2D eigenvalue weighted by Gasteiger charge is -2.29. The zero-order chi connectivity index (χ0) is 21.5. The van der Waals surface area contributed by atoms with Gasteiger partial charge < -0.3 is 5.32 Å². The van der Waals surface area contributed by atoms with E-state index in [1.165, 1.54) is 16.3 Å². The molecule has 0 aliphatic rings. The lowest BCUT2D eigenvalue weighted by atomic mass is 9.81. The van der Waals surface area contributed by atoms with Crippen LogP contribution in [0.2, 0.25) is 0 Å². The first kappa shape index (κ1) is 20.4. The highest BCUT2D eigenvalue weighted by molar-refractivity contribution is 5.90. The summed E-state index contributed by atoms with van der Waals surface area (Å²) in [5.41, 5.74) is 3.27. The van der Waals surface area contributed by atoms with Crippen molar-refractivity contribution >= 4 is 27.2 Å². The third-order valence-electron chi connectivity index (χ3n) is 5.96. The Labute approximate surface area is 178 Å². The lowest BCUT2D eigenvalue weighted by Crippen LogP contribution is -2.28. The number of benzene rings is 4. The van der Waals surface area contributed by atoms with E-state index in [0.717, 1.165) is 22.0 Å². The van der Waals surface area contributed by atoms with Crippen LogP contribution in [0.25, 0.3) is 21.5 Å². The molecule has 4 aromatic carbocycles. The standard InChI is InChI=1S/C28H30FN/c1-27(2,3)25-17-22(15-20-11-7-8-12-23(20)25)30-18-28(4,5)26-16-21(29)14-19-10-6-9-13-24(19)26/h6-17,30H,18H2,1-5H3. The van der Waals surface area contributed by atoms with Crippen LogP contribution in [-0.4, -0.2) is 6.54 Å². The van der Waals surface area contributed by atoms with Crippen molar-refractivity contribution in [2.75, 3.05) is 11.9 Å². The van der Waals surface area contributed by atoms with E-state index in [-0.39, 0.29) is 16.6 Å². The fourth-order valence-corrected chi connectivity index (χ4v) is 4.29. The highest BCUT2D eigenvalue weighted by Crippen LogP contribution is 2.35. The van der Waals surface area contributed by atoms with Crippen LogP contribution in [0.1, 0.15) is 45.7 Å². The van der Waals surface area contributed by atoms with Crippen LogP contribution in [0.15, 0.2) is 72.8 Å². The van der Waals surface area contributed by atoms with E-state index in [4.69, 9.17) is 0 Å². The summed E-state index contributed by atoms with van der Waals surface area (Å²) in [7, 11) is 0. The Morgan fingerprint density at radius 2 is 1.27 bits per heavy atom. The molecule has 0 saturated heterocycles. The number of anilines is 1. The molecule has 4 aromatic rings. The molecule has 0 bridgehead atoms. The summed E-state index contributed by atoms with van der Waals surface area (Å²) in [5, 5.41) is 8.24. The van der Waals surface area contributed by atoms with Crippen molar-refractivity contribution in [2.45, 2.75) is 45.4 Å². The fraction of sp³-hybridized carbons (Fsp3) is 0.286. The van der Waals surface area contributed by atoms with E-state index in [0.29, 0.717) is 6.54 Å². The molecule has 0 aliphatic heterocycles. The van der Waals surface area contributed by atoms with Crippen molar-refractivity contribution in [1.29, 1.82) is 0 Å². The van der Waals surface area contributed by atoms with Gasteiger partial charge in [-0.05, 0) is 62.4 Å². The maximum atomic E-state index is 14.3. The Hall–Kier alpha value is -2.87. The van der Waals surface area contributed by atoms with Crippen molar-refractivity contribution in [3.63, 3.8) is 0 Å². The van der Waals surface area contributed by atoms with Gasteiger partial charge in [0, 0.05) is 17.6 Å². The second-order valence-corrected chi connectivity index (χ2v) is 9.91. The van der Waals surface area contributed by atoms with Crippen LogP contribution >= 0.6 is 0 Å². The van der Waals surface area contributed by atoms with Gasteiger partial charge in [0.2, 0.25) is 0 Å². The van der Waals surface area contributed by atoms with Crippen molar-refractivity contribution in [3.8, 4) is 0 Å². The molecule has 0 saturated carbocycles. The smallest absolute Gasteiger partial charge is 0.124 e. The van der Waals surface area contributed by atoms with Crippen LogP contribution in [0.3, 0.4) is 0 Å². The zero-order valence-electron chi connectivity index (χ0n) is 18.5. The first-order valence-electron chi connectivity index (χ1n) is 10.6. The topological polar surface area (TPSA) is 12.0 Å². The van der Waals surface area contributed by atoms with E-state index in [2.05, 4.69) is 82.4 Å². The third kappa shape index (κ3) is 3.92. The normalized spacial score (nSPS) is 12.5. The minimum absolute atomic E-state index is 0.0472. The minimum atomic E-state index is -0.241. The Morgan fingerprint density at radius 1 is 0.700 bits per heavy atom. The summed E-state index contributed by atoms with van der Waals surface area (Å²) < 4.78 is 14.3. The zero-order valence-corrected chi connectivity index (χ0v) is 18.5. The molecule has 1 N–H and O–H groups in total.